The van der Waals surface area contributed by atoms with Crippen LogP contribution in [0.3, 0.4) is 0 Å². The normalized spacial score (nSPS) is 19.2. The van der Waals surface area contributed by atoms with Crippen LogP contribution in [0.25, 0.3) is 0 Å². The minimum absolute atomic E-state index is 0.0417. The van der Waals surface area contributed by atoms with Crippen molar-refractivity contribution in [2.75, 3.05) is 10.6 Å². The minimum atomic E-state index is -0.419. The fraction of sp³-hybridized carbons (Fsp3) is 0.211. The van der Waals surface area contributed by atoms with Gasteiger partial charge in [-0.05, 0) is 42.7 Å². The molecule has 4 rings (SSSR count). The molecule has 1 heterocycles. The monoisotopic (exact) mass is 335 g/mol. The summed E-state index contributed by atoms with van der Waals surface area (Å²) in [5, 5.41) is 17.8. The van der Waals surface area contributed by atoms with E-state index in [1.54, 1.807) is 12.1 Å². The summed E-state index contributed by atoms with van der Waals surface area (Å²) >= 11 is 0. The largest absolute Gasteiger partial charge is 0.372 e. The highest BCUT2D eigenvalue weighted by atomic mass is 16.6. The molecule has 2 N–H and O–H groups in total. The number of nitro benzene ring substituents is 1. The topological polar surface area (TPSA) is 84.3 Å². The maximum absolute atomic E-state index is 12.6. The first-order chi connectivity index (χ1) is 12.1. The van der Waals surface area contributed by atoms with E-state index >= 15 is 0 Å². The number of hydrogen-bond donors (Lipinski definition) is 2. The molecular weight excluding hydrogens is 318 g/mol. The average Bonchev–Trinajstić information content (AvgIpc) is 2.79. The number of carbonyl (C=O) groups is 1. The lowest BCUT2D eigenvalue weighted by molar-refractivity contribution is -0.384. The number of anilines is 2. The van der Waals surface area contributed by atoms with Gasteiger partial charge in [-0.2, -0.15) is 0 Å². The van der Waals surface area contributed by atoms with Gasteiger partial charge in [0.15, 0.2) is 5.78 Å². The van der Waals surface area contributed by atoms with Crippen molar-refractivity contribution in [2.24, 2.45) is 0 Å². The molecule has 0 saturated carbocycles. The highest BCUT2D eigenvalue weighted by molar-refractivity contribution is 6.00. The van der Waals surface area contributed by atoms with Gasteiger partial charge in [-0.15, -0.1) is 0 Å². The second-order valence-electron chi connectivity index (χ2n) is 6.27. The summed E-state index contributed by atoms with van der Waals surface area (Å²) < 4.78 is 0. The quantitative estimate of drug-likeness (QED) is 0.635. The number of allylic oxidation sites excluding steroid dienone is 1. The number of fused-ring (bicyclic) bond motifs is 1. The van der Waals surface area contributed by atoms with Crippen LogP contribution < -0.4 is 10.6 Å². The van der Waals surface area contributed by atoms with Gasteiger partial charge in [-0.1, -0.05) is 12.1 Å². The summed E-state index contributed by atoms with van der Waals surface area (Å²) in [7, 11) is 0. The minimum Gasteiger partial charge on any atom is -0.372 e. The fourth-order valence-electron chi connectivity index (χ4n) is 3.48. The van der Waals surface area contributed by atoms with Gasteiger partial charge >= 0.3 is 0 Å². The Morgan fingerprint density at radius 3 is 2.44 bits per heavy atom. The molecule has 1 aliphatic heterocycles. The smallest absolute Gasteiger partial charge is 0.269 e. The molecule has 0 aromatic heterocycles. The molecule has 1 aliphatic carbocycles. The molecular formula is C19H17N3O3. The van der Waals surface area contributed by atoms with Crippen molar-refractivity contribution < 1.29 is 9.72 Å². The van der Waals surface area contributed by atoms with Crippen LogP contribution in [0.1, 0.15) is 30.9 Å². The van der Waals surface area contributed by atoms with Crippen LogP contribution in [0, 0.1) is 10.1 Å². The van der Waals surface area contributed by atoms with Gasteiger partial charge in [0.25, 0.3) is 5.69 Å². The summed E-state index contributed by atoms with van der Waals surface area (Å²) in [5.41, 5.74) is 4.41. The number of non-ortho nitro benzene ring substituents is 1. The maximum Gasteiger partial charge on any atom is 0.269 e. The number of Topliss-reactive ketones (excluding diaryl/α,β-unsaturated/α-hetero) is 1. The molecule has 1 atom stereocenters. The highest BCUT2D eigenvalue weighted by Gasteiger charge is 2.32. The number of carbonyl (C=O) groups excluding carboxylic acids is 1. The molecule has 0 radical (unpaired) electrons. The molecule has 6 nitrogen and oxygen atoms in total. The van der Waals surface area contributed by atoms with E-state index in [1.807, 2.05) is 24.3 Å². The molecule has 2 aromatic rings. The van der Waals surface area contributed by atoms with Crippen LogP contribution in [0.15, 0.2) is 59.8 Å². The number of nitro groups is 1. The highest BCUT2D eigenvalue weighted by Crippen LogP contribution is 2.40. The zero-order valence-corrected chi connectivity index (χ0v) is 13.5. The Balaban J connectivity index is 1.82. The summed E-state index contributed by atoms with van der Waals surface area (Å²) in [6.07, 6.45) is 2.18. The Kier molecular flexibility index (Phi) is 3.72. The molecule has 0 amide bonds. The molecule has 25 heavy (non-hydrogen) atoms. The van der Waals surface area contributed by atoms with Gasteiger partial charge in [0.1, 0.15) is 0 Å². The van der Waals surface area contributed by atoms with Crippen molar-refractivity contribution >= 4 is 22.8 Å². The van der Waals surface area contributed by atoms with Crippen LogP contribution in [-0.2, 0) is 4.79 Å². The first-order valence-corrected chi connectivity index (χ1v) is 8.26. The van der Waals surface area contributed by atoms with Crippen LogP contribution in [-0.4, -0.2) is 10.7 Å². The Morgan fingerprint density at radius 2 is 1.72 bits per heavy atom. The van der Waals surface area contributed by atoms with E-state index in [-0.39, 0.29) is 17.5 Å². The SMILES string of the molecule is O=C1CCCC2=C1[C@H](c1ccc([N+](=O)[O-])cc1)Nc1ccccc1N2. The van der Waals surface area contributed by atoms with E-state index in [0.29, 0.717) is 6.42 Å². The number of benzene rings is 2. The van der Waals surface area contributed by atoms with E-state index in [0.717, 1.165) is 41.1 Å². The van der Waals surface area contributed by atoms with Gasteiger partial charge in [-0.25, -0.2) is 0 Å². The van der Waals surface area contributed by atoms with Crippen molar-refractivity contribution in [3.8, 4) is 0 Å². The van der Waals surface area contributed by atoms with Gasteiger partial charge in [-0.3, -0.25) is 14.9 Å². The van der Waals surface area contributed by atoms with Gasteiger partial charge < -0.3 is 10.6 Å². The number of nitrogens with zero attached hydrogens (tertiary/aromatic N) is 1. The predicted octanol–water partition coefficient (Wildman–Crippen LogP) is 4.18. The lowest BCUT2D eigenvalue weighted by atomic mass is 9.86. The molecule has 0 unspecified atom stereocenters. The first-order valence-electron chi connectivity index (χ1n) is 8.26. The zero-order valence-electron chi connectivity index (χ0n) is 13.5. The Hall–Kier alpha value is -3.15. The van der Waals surface area contributed by atoms with Crippen LogP contribution >= 0.6 is 0 Å². The lowest BCUT2D eigenvalue weighted by Crippen LogP contribution is -2.23. The predicted molar refractivity (Wildman–Crippen MR) is 95.4 cm³/mol. The van der Waals surface area contributed by atoms with Crippen molar-refractivity contribution in [1.29, 1.82) is 0 Å². The second kappa shape index (κ2) is 6.05. The number of nitrogens with one attached hydrogen (secondary N) is 2. The molecule has 2 aliphatic rings. The lowest BCUT2D eigenvalue weighted by Gasteiger charge is -2.25. The fourth-order valence-corrected chi connectivity index (χ4v) is 3.48. The molecule has 126 valence electrons. The van der Waals surface area contributed by atoms with Gasteiger partial charge in [0.05, 0.1) is 22.3 Å². The van der Waals surface area contributed by atoms with Crippen LogP contribution in [0.5, 0.6) is 0 Å². The average molecular weight is 335 g/mol. The molecule has 0 spiro atoms. The molecule has 0 fully saturated rings. The number of para-hydroxylation sites is 2. The van der Waals surface area contributed by atoms with Crippen molar-refractivity contribution in [3.63, 3.8) is 0 Å². The summed E-state index contributed by atoms with van der Waals surface area (Å²) in [4.78, 5) is 23.1. The Bertz CT molecular complexity index is 887. The van der Waals surface area contributed by atoms with E-state index in [9.17, 15) is 14.9 Å². The number of ketones is 1. The number of hydrogen-bond acceptors (Lipinski definition) is 5. The van der Waals surface area contributed by atoms with E-state index in [1.165, 1.54) is 12.1 Å². The van der Waals surface area contributed by atoms with Crippen LogP contribution in [0.4, 0.5) is 17.1 Å². The second-order valence-corrected chi connectivity index (χ2v) is 6.27. The molecule has 0 saturated heterocycles. The first kappa shape index (κ1) is 15.4. The third-order valence-electron chi connectivity index (χ3n) is 4.69. The molecule has 0 bridgehead atoms. The third-order valence-corrected chi connectivity index (χ3v) is 4.69. The Labute approximate surface area is 144 Å². The van der Waals surface area contributed by atoms with E-state index in [4.69, 9.17) is 0 Å². The van der Waals surface area contributed by atoms with Gasteiger partial charge in [0, 0.05) is 29.8 Å². The standard InChI is InChI=1S/C19H17N3O3/c23-17-7-3-6-16-18(17)19(12-8-10-13(11-9-12)22(24)25)21-15-5-2-1-4-14(15)20-16/h1-2,4-5,8-11,19-21H,3,6-7H2/t19-/m0/s1. The van der Waals surface area contributed by atoms with Crippen LogP contribution in [0.2, 0.25) is 0 Å². The summed E-state index contributed by atoms with van der Waals surface area (Å²) in [6, 6.07) is 13.9. The third kappa shape index (κ3) is 2.76. The number of rotatable bonds is 2. The van der Waals surface area contributed by atoms with E-state index < -0.39 is 4.92 Å². The van der Waals surface area contributed by atoms with Crippen molar-refractivity contribution in [1.82, 2.24) is 0 Å². The molecule has 2 aromatic carbocycles. The maximum atomic E-state index is 12.6. The van der Waals surface area contributed by atoms with E-state index in [2.05, 4.69) is 10.6 Å². The zero-order chi connectivity index (χ0) is 17.4. The summed E-state index contributed by atoms with van der Waals surface area (Å²) in [6.45, 7) is 0. The summed E-state index contributed by atoms with van der Waals surface area (Å²) in [5.74, 6) is 0.123. The van der Waals surface area contributed by atoms with Crippen molar-refractivity contribution in [2.45, 2.75) is 25.3 Å². The van der Waals surface area contributed by atoms with Crippen molar-refractivity contribution in [3.05, 3.63) is 75.5 Å². The molecule has 6 heteroatoms. The van der Waals surface area contributed by atoms with Gasteiger partial charge in [0.2, 0.25) is 0 Å². The Morgan fingerprint density at radius 1 is 1.00 bits per heavy atom.